The summed E-state index contributed by atoms with van der Waals surface area (Å²) >= 11 is 0. The highest BCUT2D eigenvalue weighted by molar-refractivity contribution is 5.93. The number of rotatable bonds is 3. The molecule has 0 saturated carbocycles. The van der Waals surface area contributed by atoms with E-state index in [0.29, 0.717) is 11.6 Å². The second-order valence-corrected chi connectivity index (χ2v) is 6.37. The van der Waals surface area contributed by atoms with Crippen molar-refractivity contribution >= 4 is 17.5 Å². The Balaban J connectivity index is 2.00. The average molecular weight is 310 g/mol. The zero-order chi connectivity index (χ0) is 16.6. The minimum absolute atomic E-state index is 0.0765. The van der Waals surface area contributed by atoms with E-state index < -0.39 is 0 Å². The van der Waals surface area contributed by atoms with Crippen molar-refractivity contribution in [2.45, 2.75) is 46.2 Å². The molecule has 2 aromatic rings. The fourth-order valence-corrected chi connectivity index (χ4v) is 2.98. The Morgan fingerprint density at radius 1 is 1.30 bits per heavy atom. The predicted octanol–water partition coefficient (Wildman–Crippen LogP) is 3.01. The maximum Gasteiger partial charge on any atom is 0.270 e. The van der Waals surface area contributed by atoms with E-state index in [-0.39, 0.29) is 18.0 Å². The monoisotopic (exact) mass is 310 g/mol. The Kier molecular flexibility index (Phi) is 4.03. The number of carbonyl (C=O) groups excluding carboxylic acids is 1. The molecule has 0 saturated heterocycles. The van der Waals surface area contributed by atoms with E-state index in [1.807, 2.05) is 32.9 Å². The van der Waals surface area contributed by atoms with Crippen LogP contribution < -0.4 is 10.2 Å². The topological polar surface area (TPSA) is 58.1 Å². The minimum Gasteiger partial charge on any atom is -0.349 e. The lowest BCUT2D eigenvalue weighted by Crippen LogP contribution is -2.32. The van der Waals surface area contributed by atoms with Gasteiger partial charge in [0.2, 0.25) is 5.95 Å². The lowest BCUT2D eigenvalue weighted by Gasteiger charge is -2.23. The summed E-state index contributed by atoms with van der Waals surface area (Å²) < 4.78 is 0. The molecule has 5 heteroatoms. The number of nitrogens with zero attached hydrogens (tertiary/aromatic N) is 3. The second-order valence-electron chi connectivity index (χ2n) is 6.37. The van der Waals surface area contributed by atoms with Crippen LogP contribution in [0, 0.1) is 6.92 Å². The van der Waals surface area contributed by atoms with Crippen LogP contribution in [0.3, 0.4) is 0 Å². The normalized spacial score (nSPS) is 16.6. The standard InChI is InChI=1S/C18H22N4O/c1-11(2)19-17(23)15-9-12(3)20-18(21-15)22-13(4)10-14-7-5-6-8-16(14)22/h5-9,11,13H,10H2,1-4H3,(H,19,23). The summed E-state index contributed by atoms with van der Waals surface area (Å²) in [6.07, 6.45) is 0.959. The molecule has 1 amide bonds. The molecule has 1 aromatic carbocycles. The molecule has 1 aliphatic heterocycles. The van der Waals surface area contributed by atoms with Crippen LogP contribution in [0.4, 0.5) is 11.6 Å². The van der Waals surface area contributed by atoms with Crippen LogP contribution in [-0.4, -0.2) is 28.0 Å². The smallest absolute Gasteiger partial charge is 0.270 e. The number of hydrogen-bond acceptors (Lipinski definition) is 4. The van der Waals surface area contributed by atoms with Crippen LogP contribution in [0.2, 0.25) is 0 Å². The van der Waals surface area contributed by atoms with Crippen molar-refractivity contribution < 1.29 is 4.79 Å². The quantitative estimate of drug-likeness (QED) is 0.947. The molecule has 0 bridgehead atoms. The predicted molar refractivity (Wildman–Crippen MR) is 91.1 cm³/mol. The molecule has 0 radical (unpaired) electrons. The van der Waals surface area contributed by atoms with Gasteiger partial charge in [0.05, 0.1) is 0 Å². The summed E-state index contributed by atoms with van der Waals surface area (Å²) in [6, 6.07) is 10.4. The molecule has 1 N–H and O–H groups in total. The van der Waals surface area contributed by atoms with E-state index in [1.54, 1.807) is 6.07 Å². The van der Waals surface area contributed by atoms with Gasteiger partial charge in [-0.3, -0.25) is 4.79 Å². The van der Waals surface area contributed by atoms with E-state index in [1.165, 1.54) is 5.56 Å². The summed E-state index contributed by atoms with van der Waals surface area (Å²) in [4.78, 5) is 23.5. The van der Waals surface area contributed by atoms with Gasteiger partial charge in [0.1, 0.15) is 5.69 Å². The average Bonchev–Trinajstić information content (AvgIpc) is 2.81. The number of para-hydroxylation sites is 1. The highest BCUT2D eigenvalue weighted by Crippen LogP contribution is 2.36. The number of hydrogen-bond donors (Lipinski definition) is 1. The minimum atomic E-state index is -0.160. The third kappa shape index (κ3) is 3.04. The van der Waals surface area contributed by atoms with Crippen molar-refractivity contribution in [1.29, 1.82) is 0 Å². The van der Waals surface area contributed by atoms with E-state index in [4.69, 9.17) is 0 Å². The van der Waals surface area contributed by atoms with Crippen LogP contribution in [0.5, 0.6) is 0 Å². The Morgan fingerprint density at radius 3 is 2.78 bits per heavy atom. The highest BCUT2D eigenvalue weighted by Gasteiger charge is 2.29. The molecule has 5 nitrogen and oxygen atoms in total. The Hall–Kier alpha value is -2.43. The zero-order valence-corrected chi connectivity index (χ0v) is 14.0. The molecule has 1 aliphatic rings. The first-order valence-corrected chi connectivity index (χ1v) is 7.99. The summed E-state index contributed by atoms with van der Waals surface area (Å²) in [6.45, 7) is 7.92. The van der Waals surface area contributed by atoms with Crippen molar-refractivity contribution in [1.82, 2.24) is 15.3 Å². The number of carbonyl (C=O) groups is 1. The maximum absolute atomic E-state index is 12.3. The number of benzene rings is 1. The second kappa shape index (κ2) is 5.99. The fourth-order valence-electron chi connectivity index (χ4n) is 2.98. The van der Waals surface area contributed by atoms with Gasteiger partial charge in [0.25, 0.3) is 5.91 Å². The Labute approximate surface area is 136 Å². The van der Waals surface area contributed by atoms with Gasteiger partial charge in [-0.15, -0.1) is 0 Å². The van der Waals surface area contributed by atoms with Gasteiger partial charge in [0, 0.05) is 23.5 Å². The van der Waals surface area contributed by atoms with Gasteiger partial charge in [-0.2, -0.15) is 0 Å². The first kappa shape index (κ1) is 15.5. The van der Waals surface area contributed by atoms with Crippen LogP contribution in [0.15, 0.2) is 30.3 Å². The molecule has 0 aliphatic carbocycles. The van der Waals surface area contributed by atoms with Crippen LogP contribution in [0.25, 0.3) is 0 Å². The summed E-state index contributed by atoms with van der Waals surface area (Å²) in [7, 11) is 0. The third-order valence-corrected chi connectivity index (χ3v) is 3.92. The van der Waals surface area contributed by atoms with Crippen molar-refractivity contribution in [3.63, 3.8) is 0 Å². The lowest BCUT2D eigenvalue weighted by atomic mass is 10.1. The first-order valence-electron chi connectivity index (χ1n) is 7.99. The number of fused-ring (bicyclic) bond motifs is 1. The Bertz CT molecular complexity index is 742. The highest BCUT2D eigenvalue weighted by atomic mass is 16.1. The fraction of sp³-hybridized carbons (Fsp3) is 0.389. The number of aromatic nitrogens is 2. The molecule has 0 spiro atoms. The third-order valence-electron chi connectivity index (χ3n) is 3.92. The molecule has 1 atom stereocenters. The first-order chi connectivity index (χ1) is 11.0. The van der Waals surface area contributed by atoms with Crippen LogP contribution >= 0.6 is 0 Å². The van der Waals surface area contributed by atoms with Gasteiger partial charge < -0.3 is 10.2 Å². The van der Waals surface area contributed by atoms with Crippen molar-refractivity contribution in [2.24, 2.45) is 0 Å². The van der Waals surface area contributed by atoms with Crippen molar-refractivity contribution in [3.8, 4) is 0 Å². The molecule has 1 aromatic heterocycles. The molecule has 23 heavy (non-hydrogen) atoms. The molecule has 120 valence electrons. The lowest BCUT2D eigenvalue weighted by molar-refractivity contribution is 0.0938. The summed E-state index contributed by atoms with van der Waals surface area (Å²) in [5, 5.41) is 2.89. The molecular formula is C18H22N4O. The molecular weight excluding hydrogens is 288 g/mol. The van der Waals surface area contributed by atoms with Gasteiger partial charge in [-0.05, 0) is 51.8 Å². The van der Waals surface area contributed by atoms with Crippen LogP contribution in [-0.2, 0) is 6.42 Å². The largest absolute Gasteiger partial charge is 0.349 e. The summed E-state index contributed by atoms with van der Waals surface area (Å²) in [5.74, 6) is 0.434. The number of aryl methyl sites for hydroxylation is 1. The van der Waals surface area contributed by atoms with E-state index >= 15 is 0 Å². The van der Waals surface area contributed by atoms with Gasteiger partial charge in [0.15, 0.2) is 0 Å². The Morgan fingerprint density at radius 2 is 2.04 bits per heavy atom. The molecule has 1 unspecified atom stereocenters. The number of amides is 1. The molecule has 0 fully saturated rings. The maximum atomic E-state index is 12.3. The number of nitrogens with one attached hydrogen (secondary N) is 1. The molecule has 2 heterocycles. The van der Waals surface area contributed by atoms with Crippen molar-refractivity contribution in [3.05, 3.63) is 47.3 Å². The van der Waals surface area contributed by atoms with Crippen molar-refractivity contribution in [2.75, 3.05) is 4.90 Å². The number of anilines is 2. The van der Waals surface area contributed by atoms with E-state index in [9.17, 15) is 4.79 Å². The molecule has 3 rings (SSSR count). The SMILES string of the molecule is Cc1cc(C(=O)NC(C)C)nc(N2c3ccccc3CC2C)n1. The van der Waals surface area contributed by atoms with E-state index in [0.717, 1.165) is 17.8 Å². The zero-order valence-electron chi connectivity index (χ0n) is 14.0. The van der Waals surface area contributed by atoms with Gasteiger partial charge in [-0.1, -0.05) is 18.2 Å². The van der Waals surface area contributed by atoms with Crippen LogP contribution in [0.1, 0.15) is 42.5 Å². The summed E-state index contributed by atoms with van der Waals surface area (Å²) in [5.41, 5.74) is 3.62. The van der Waals surface area contributed by atoms with E-state index in [2.05, 4.69) is 39.2 Å². The van der Waals surface area contributed by atoms with Gasteiger partial charge >= 0.3 is 0 Å². The van der Waals surface area contributed by atoms with Gasteiger partial charge in [-0.25, -0.2) is 9.97 Å².